The van der Waals surface area contributed by atoms with Gasteiger partial charge in [-0.05, 0) is 37.0 Å². The normalized spacial score (nSPS) is 16.3. The van der Waals surface area contributed by atoms with Crippen molar-refractivity contribution in [2.24, 2.45) is 11.7 Å². The molecule has 0 aliphatic heterocycles. The molecule has 4 nitrogen and oxygen atoms in total. The number of carbonyl (C=O) groups is 1. The highest BCUT2D eigenvalue weighted by atomic mass is 35.5. The van der Waals surface area contributed by atoms with Crippen LogP contribution in [0.2, 0.25) is 5.02 Å². The number of benzene rings is 1. The van der Waals surface area contributed by atoms with Crippen molar-refractivity contribution < 1.29 is 9.53 Å². The number of carbonyl (C=O) groups excluding carboxylic acids is 1. The predicted octanol–water partition coefficient (Wildman–Crippen LogP) is 2.28. The first-order valence-corrected chi connectivity index (χ1v) is 6.34. The van der Waals surface area contributed by atoms with Gasteiger partial charge in [0.25, 0.3) is 0 Å². The quantitative estimate of drug-likeness (QED) is 0.832. The van der Waals surface area contributed by atoms with Crippen LogP contribution in [0.1, 0.15) is 23.2 Å². The van der Waals surface area contributed by atoms with Crippen LogP contribution in [0.5, 0.6) is 0 Å². The number of rotatable bonds is 6. The number of amides is 1. The van der Waals surface area contributed by atoms with Gasteiger partial charge in [0.15, 0.2) is 0 Å². The van der Waals surface area contributed by atoms with Gasteiger partial charge in [-0.25, -0.2) is 0 Å². The molecule has 0 spiro atoms. The van der Waals surface area contributed by atoms with Crippen molar-refractivity contribution in [1.29, 1.82) is 0 Å². The summed E-state index contributed by atoms with van der Waals surface area (Å²) in [5.41, 5.74) is 6.45. The van der Waals surface area contributed by atoms with Gasteiger partial charge in [-0.2, -0.15) is 0 Å². The number of anilines is 1. The minimum atomic E-state index is -0.454. The number of halogens is 1. The molecule has 1 aromatic rings. The first-order valence-electron chi connectivity index (χ1n) is 5.96. The lowest BCUT2D eigenvalue weighted by Crippen LogP contribution is -2.27. The minimum Gasteiger partial charge on any atom is -0.383 e. The first kappa shape index (κ1) is 13.2. The lowest BCUT2D eigenvalue weighted by Gasteiger charge is -2.19. The molecule has 0 saturated heterocycles. The number of ether oxygens (including phenoxy) is 1. The van der Waals surface area contributed by atoms with Gasteiger partial charge >= 0.3 is 0 Å². The number of primary amides is 1. The molecule has 0 radical (unpaired) electrons. The van der Waals surface area contributed by atoms with Crippen molar-refractivity contribution in [2.75, 3.05) is 19.0 Å². The van der Waals surface area contributed by atoms with E-state index in [-0.39, 0.29) is 6.04 Å². The van der Waals surface area contributed by atoms with E-state index in [9.17, 15) is 4.79 Å². The Balaban J connectivity index is 2.15. The molecular formula is C13H17ClN2O2. The fourth-order valence-electron chi connectivity index (χ4n) is 1.96. The number of nitrogens with two attached hydrogens (primary N) is 1. The first-order chi connectivity index (χ1) is 8.61. The van der Waals surface area contributed by atoms with E-state index in [1.165, 1.54) is 12.8 Å². The van der Waals surface area contributed by atoms with Gasteiger partial charge in [0.1, 0.15) is 0 Å². The second kappa shape index (κ2) is 5.59. The molecule has 1 aliphatic carbocycles. The second-order valence-corrected chi connectivity index (χ2v) is 5.01. The molecule has 3 N–H and O–H groups in total. The summed E-state index contributed by atoms with van der Waals surface area (Å²) in [5.74, 6) is 0.169. The van der Waals surface area contributed by atoms with E-state index < -0.39 is 5.91 Å². The van der Waals surface area contributed by atoms with Gasteiger partial charge in [0, 0.05) is 12.7 Å². The zero-order valence-corrected chi connectivity index (χ0v) is 11.0. The Morgan fingerprint density at radius 3 is 2.89 bits per heavy atom. The maximum atomic E-state index is 11.1. The molecule has 0 heterocycles. The summed E-state index contributed by atoms with van der Waals surface area (Å²) in [7, 11) is 1.68. The van der Waals surface area contributed by atoms with Crippen molar-refractivity contribution >= 4 is 23.2 Å². The fourth-order valence-corrected chi connectivity index (χ4v) is 2.13. The molecule has 1 unspecified atom stereocenters. The lowest BCUT2D eigenvalue weighted by atomic mass is 10.1. The molecule has 5 heteroatoms. The Morgan fingerprint density at radius 1 is 1.61 bits per heavy atom. The number of hydrogen-bond donors (Lipinski definition) is 2. The Morgan fingerprint density at radius 2 is 2.33 bits per heavy atom. The molecule has 2 rings (SSSR count). The van der Waals surface area contributed by atoms with Gasteiger partial charge in [0.2, 0.25) is 5.91 Å². The van der Waals surface area contributed by atoms with Crippen molar-refractivity contribution in [2.45, 2.75) is 18.9 Å². The summed E-state index contributed by atoms with van der Waals surface area (Å²) < 4.78 is 5.20. The Bertz CT molecular complexity index is 447. The topological polar surface area (TPSA) is 64.3 Å². The third-order valence-corrected chi connectivity index (χ3v) is 3.46. The smallest absolute Gasteiger partial charge is 0.248 e. The second-order valence-electron chi connectivity index (χ2n) is 4.60. The number of hydrogen-bond acceptors (Lipinski definition) is 3. The van der Waals surface area contributed by atoms with Gasteiger partial charge < -0.3 is 15.8 Å². The van der Waals surface area contributed by atoms with Crippen molar-refractivity contribution in [3.8, 4) is 0 Å². The maximum Gasteiger partial charge on any atom is 0.248 e. The van der Waals surface area contributed by atoms with Crippen molar-refractivity contribution in [1.82, 2.24) is 0 Å². The molecule has 98 valence electrons. The van der Waals surface area contributed by atoms with Gasteiger partial charge in [-0.15, -0.1) is 0 Å². The predicted molar refractivity (Wildman–Crippen MR) is 72.0 cm³/mol. The van der Waals surface area contributed by atoms with Crippen LogP contribution in [0.4, 0.5) is 5.69 Å². The van der Waals surface area contributed by atoms with E-state index in [1.807, 2.05) is 0 Å². The van der Waals surface area contributed by atoms with Crippen molar-refractivity contribution in [3.63, 3.8) is 0 Å². The van der Waals surface area contributed by atoms with Gasteiger partial charge in [-0.3, -0.25) is 4.79 Å². The van der Waals surface area contributed by atoms with E-state index >= 15 is 0 Å². The van der Waals surface area contributed by atoms with Crippen LogP contribution < -0.4 is 11.1 Å². The van der Waals surface area contributed by atoms with Gasteiger partial charge in [0.05, 0.1) is 23.4 Å². The van der Waals surface area contributed by atoms with E-state index in [0.717, 1.165) is 5.69 Å². The number of nitrogens with one attached hydrogen (secondary N) is 1. The van der Waals surface area contributed by atoms with Crippen LogP contribution in [0, 0.1) is 5.92 Å². The zero-order chi connectivity index (χ0) is 13.1. The fraction of sp³-hybridized carbons (Fsp3) is 0.462. The van der Waals surface area contributed by atoms with Crippen LogP contribution >= 0.6 is 11.6 Å². The highest BCUT2D eigenvalue weighted by Gasteiger charge is 2.31. The molecule has 1 aliphatic rings. The summed E-state index contributed by atoms with van der Waals surface area (Å²) >= 11 is 6.11. The van der Waals surface area contributed by atoms with Crippen LogP contribution in [-0.4, -0.2) is 25.7 Å². The third kappa shape index (κ3) is 3.15. The summed E-state index contributed by atoms with van der Waals surface area (Å²) in [5, 5.41) is 3.93. The molecule has 1 amide bonds. The van der Waals surface area contributed by atoms with E-state index in [4.69, 9.17) is 22.1 Å². The Labute approximate surface area is 111 Å². The molecule has 1 saturated carbocycles. The molecule has 1 aromatic carbocycles. The van der Waals surface area contributed by atoms with Crippen LogP contribution in [0.15, 0.2) is 18.2 Å². The van der Waals surface area contributed by atoms with Gasteiger partial charge in [-0.1, -0.05) is 11.6 Å². The lowest BCUT2D eigenvalue weighted by molar-refractivity contribution is 0.100. The van der Waals surface area contributed by atoms with Crippen LogP contribution in [-0.2, 0) is 4.74 Å². The summed E-state index contributed by atoms with van der Waals surface area (Å²) in [6, 6.07) is 5.23. The third-order valence-electron chi connectivity index (χ3n) is 3.13. The van der Waals surface area contributed by atoms with Crippen LogP contribution in [0.3, 0.4) is 0 Å². The Hall–Kier alpha value is -1.26. The molecule has 1 atom stereocenters. The van der Waals surface area contributed by atoms with E-state index in [1.54, 1.807) is 25.3 Å². The molecule has 1 fully saturated rings. The highest BCUT2D eigenvalue weighted by molar-refractivity contribution is 6.33. The molecular weight excluding hydrogens is 252 g/mol. The largest absolute Gasteiger partial charge is 0.383 e. The molecule has 0 bridgehead atoms. The van der Waals surface area contributed by atoms with Crippen molar-refractivity contribution in [3.05, 3.63) is 28.8 Å². The summed E-state index contributed by atoms with van der Waals surface area (Å²) in [6.07, 6.45) is 2.41. The summed E-state index contributed by atoms with van der Waals surface area (Å²) in [6.45, 7) is 0.627. The van der Waals surface area contributed by atoms with E-state index in [0.29, 0.717) is 23.1 Å². The van der Waals surface area contributed by atoms with Crippen LogP contribution in [0.25, 0.3) is 0 Å². The standard InChI is InChI=1S/C13H17ClN2O2/c1-18-7-12(8-2-3-8)16-11-6-9(13(15)17)4-5-10(11)14/h4-6,8,12,16H,2-3,7H2,1H3,(H2,15,17). The number of methoxy groups -OCH3 is 1. The average molecular weight is 269 g/mol. The minimum absolute atomic E-state index is 0.232. The SMILES string of the molecule is COCC(Nc1cc(C(N)=O)ccc1Cl)C1CC1. The highest BCUT2D eigenvalue weighted by Crippen LogP contribution is 2.35. The zero-order valence-electron chi connectivity index (χ0n) is 10.3. The molecule has 0 aromatic heterocycles. The summed E-state index contributed by atoms with van der Waals surface area (Å²) in [4.78, 5) is 11.1. The molecule has 18 heavy (non-hydrogen) atoms. The Kier molecular flexibility index (Phi) is 4.09. The maximum absolute atomic E-state index is 11.1. The van der Waals surface area contributed by atoms with E-state index in [2.05, 4.69) is 5.32 Å². The average Bonchev–Trinajstić information content (AvgIpc) is 3.14. The monoisotopic (exact) mass is 268 g/mol.